The number of carbonyl (C=O) groups is 2. The average molecular weight is 485 g/mol. The average Bonchev–Trinajstić information content (AvgIpc) is 3.14. The number of hydrogen-bond donors (Lipinski definition) is 1. The van der Waals surface area contributed by atoms with Gasteiger partial charge in [-0.15, -0.1) is 0 Å². The lowest BCUT2D eigenvalue weighted by atomic mass is 10.2. The zero-order valence-electron chi connectivity index (χ0n) is 16.4. The minimum Gasteiger partial charge on any atom is -0.317 e. The van der Waals surface area contributed by atoms with E-state index in [0.29, 0.717) is 5.02 Å². The van der Waals surface area contributed by atoms with Gasteiger partial charge in [0.1, 0.15) is 5.70 Å². The van der Waals surface area contributed by atoms with Crippen molar-refractivity contribution in [3.63, 3.8) is 0 Å². The number of hydrogen-bond acceptors (Lipinski definition) is 2. The van der Waals surface area contributed by atoms with E-state index in [4.69, 9.17) is 11.6 Å². The predicted molar refractivity (Wildman–Crippen MR) is 121 cm³/mol. The van der Waals surface area contributed by atoms with Gasteiger partial charge in [-0.3, -0.25) is 9.69 Å². The van der Waals surface area contributed by atoms with Gasteiger partial charge in [0, 0.05) is 20.9 Å². The number of benzene rings is 2. The van der Waals surface area contributed by atoms with Gasteiger partial charge in [-0.1, -0.05) is 35.9 Å². The zero-order chi connectivity index (χ0) is 21.4. The monoisotopic (exact) mass is 483 g/mol. The second kappa shape index (κ2) is 8.13. The number of carbonyl (C=O) groups excluding carboxylic acids is 2. The molecule has 1 aliphatic heterocycles. The molecule has 7 heteroatoms. The van der Waals surface area contributed by atoms with Gasteiger partial charge < -0.3 is 9.88 Å². The third-order valence-corrected chi connectivity index (χ3v) is 6.00. The molecule has 152 valence electrons. The molecule has 0 radical (unpaired) electrons. The van der Waals surface area contributed by atoms with Crippen LogP contribution in [0.15, 0.2) is 64.8 Å². The van der Waals surface area contributed by atoms with Crippen LogP contribution in [0.25, 0.3) is 11.8 Å². The number of para-hydroxylation sites is 1. The molecule has 2 heterocycles. The predicted octanol–water partition coefficient (Wildman–Crippen LogP) is 5.60. The lowest BCUT2D eigenvalue weighted by Gasteiger charge is -2.12. The van der Waals surface area contributed by atoms with Crippen LogP contribution in [0.2, 0.25) is 5.02 Å². The summed E-state index contributed by atoms with van der Waals surface area (Å²) in [5, 5.41) is 3.30. The third kappa shape index (κ3) is 3.80. The van der Waals surface area contributed by atoms with Crippen LogP contribution in [0, 0.1) is 13.8 Å². The first-order valence-electron chi connectivity index (χ1n) is 9.38. The smallest absolute Gasteiger partial charge is 0.317 e. The van der Waals surface area contributed by atoms with Gasteiger partial charge >= 0.3 is 6.03 Å². The molecule has 1 N–H and O–H groups in total. The van der Waals surface area contributed by atoms with E-state index in [1.165, 1.54) is 4.90 Å². The SMILES string of the molecule is Cc1cc(/C=C2\NC(=O)N(Cc3ccc(Cl)cc3)C2=O)c(C)n1-c1ccccc1Br. The molecule has 1 aromatic heterocycles. The molecular weight excluding hydrogens is 466 g/mol. The molecule has 4 rings (SSSR count). The summed E-state index contributed by atoms with van der Waals surface area (Å²) in [5.41, 5.74) is 4.99. The number of nitrogens with zero attached hydrogens (tertiary/aromatic N) is 2. The molecule has 5 nitrogen and oxygen atoms in total. The maximum Gasteiger partial charge on any atom is 0.329 e. The van der Waals surface area contributed by atoms with Crippen LogP contribution in [-0.4, -0.2) is 21.4 Å². The maximum atomic E-state index is 12.9. The highest BCUT2D eigenvalue weighted by molar-refractivity contribution is 9.10. The van der Waals surface area contributed by atoms with Gasteiger partial charge in [0.15, 0.2) is 0 Å². The maximum absolute atomic E-state index is 12.9. The van der Waals surface area contributed by atoms with E-state index in [0.717, 1.165) is 32.7 Å². The summed E-state index contributed by atoms with van der Waals surface area (Å²) in [4.78, 5) is 26.4. The van der Waals surface area contributed by atoms with Crippen molar-refractivity contribution in [3.8, 4) is 5.69 Å². The number of amides is 3. The van der Waals surface area contributed by atoms with Crippen LogP contribution in [0.4, 0.5) is 4.79 Å². The molecule has 1 fully saturated rings. The highest BCUT2D eigenvalue weighted by Crippen LogP contribution is 2.28. The van der Waals surface area contributed by atoms with E-state index in [2.05, 4.69) is 25.8 Å². The molecule has 3 amide bonds. The summed E-state index contributed by atoms with van der Waals surface area (Å²) in [6, 6.07) is 16.6. The fraction of sp³-hybridized carbons (Fsp3) is 0.130. The van der Waals surface area contributed by atoms with E-state index in [1.54, 1.807) is 30.3 Å². The summed E-state index contributed by atoms with van der Waals surface area (Å²) in [5.74, 6) is -0.347. The quantitative estimate of drug-likeness (QED) is 0.387. The second-order valence-electron chi connectivity index (χ2n) is 7.12. The van der Waals surface area contributed by atoms with Crippen LogP contribution >= 0.6 is 27.5 Å². The molecular formula is C23H19BrClN3O2. The van der Waals surface area contributed by atoms with Crippen LogP contribution in [0.1, 0.15) is 22.5 Å². The Morgan fingerprint density at radius 3 is 2.47 bits per heavy atom. The fourth-order valence-corrected chi connectivity index (χ4v) is 4.17. The molecule has 3 aromatic rings. The van der Waals surface area contributed by atoms with Crippen LogP contribution < -0.4 is 5.32 Å². The molecule has 0 aliphatic carbocycles. The summed E-state index contributed by atoms with van der Waals surface area (Å²) in [7, 11) is 0. The van der Waals surface area contributed by atoms with Gasteiger partial charge in [0.2, 0.25) is 0 Å². The highest BCUT2D eigenvalue weighted by Gasteiger charge is 2.33. The molecule has 30 heavy (non-hydrogen) atoms. The fourth-order valence-electron chi connectivity index (χ4n) is 3.58. The first kappa shape index (κ1) is 20.4. The number of urea groups is 1. The minimum absolute atomic E-state index is 0.190. The second-order valence-corrected chi connectivity index (χ2v) is 8.41. The Hall–Kier alpha value is -2.83. The summed E-state index contributed by atoms with van der Waals surface area (Å²) in [6.07, 6.45) is 1.73. The number of nitrogens with one attached hydrogen (secondary N) is 1. The summed E-state index contributed by atoms with van der Waals surface area (Å²) < 4.78 is 3.09. The first-order chi connectivity index (χ1) is 14.3. The third-order valence-electron chi connectivity index (χ3n) is 5.08. The summed E-state index contributed by atoms with van der Waals surface area (Å²) >= 11 is 9.51. The number of rotatable bonds is 4. The van der Waals surface area contributed by atoms with Crippen LogP contribution in [0.5, 0.6) is 0 Å². The Bertz CT molecular complexity index is 1180. The van der Waals surface area contributed by atoms with Gasteiger partial charge in [0.25, 0.3) is 5.91 Å². The number of halogens is 2. The topological polar surface area (TPSA) is 54.3 Å². The van der Waals surface area contributed by atoms with Gasteiger partial charge in [-0.05, 0) is 77.3 Å². The van der Waals surface area contributed by atoms with E-state index >= 15 is 0 Å². The summed E-state index contributed by atoms with van der Waals surface area (Å²) in [6.45, 7) is 4.19. The standard InChI is InChI=1S/C23H19BrClN3O2/c1-14-11-17(15(2)28(14)21-6-4-3-5-19(21)24)12-20-22(29)27(23(30)26-20)13-16-7-9-18(25)10-8-16/h3-12H,13H2,1-2H3,(H,26,30)/b20-12-. The number of aromatic nitrogens is 1. The van der Waals surface area contributed by atoms with Crippen molar-refractivity contribution in [2.75, 3.05) is 0 Å². The largest absolute Gasteiger partial charge is 0.329 e. The zero-order valence-corrected chi connectivity index (χ0v) is 18.8. The van der Waals surface area contributed by atoms with Crippen LogP contribution in [-0.2, 0) is 11.3 Å². The van der Waals surface area contributed by atoms with Crippen molar-refractivity contribution in [3.05, 3.63) is 92.3 Å². The minimum atomic E-state index is -0.430. The lowest BCUT2D eigenvalue weighted by molar-refractivity contribution is -0.123. The molecule has 0 spiro atoms. The Morgan fingerprint density at radius 1 is 1.07 bits per heavy atom. The molecule has 0 atom stereocenters. The molecule has 0 saturated carbocycles. The van der Waals surface area contributed by atoms with Crippen molar-refractivity contribution in [2.45, 2.75) is 20.4 Å². The van der Waals surface area contributed by atoms with Crippen molar-refractivity contribution >= 4 is 45.5 Å². The molecule has 1 aliphatic rings. The molecule has 0 unspecified atom stereocenters. The normalized spacial score (nSPS) is 15.2. The number of imide groups is 1. The molecule has 0 bridgehead atoms. The Morgan fingerprint density at radius 2 is 1.77 bits per heavy atom. The van der Waals surface area contributed by atoms with E-state index in [9.17, 15) is 9.59 Å². The van der Waals surface area contributed by atoms with E-state index in [-0.39, 0.29) is 18.1 Å². The Kier molecular flexibility index (Phi) is 5.54. The lowest BCUT2D eigenvalue weighted by Crippen LogP contribution is -2.30. The number of aryl methyl sites for hydroxylation is 1. The van der Waals surface area contributed by atoms with Crippen molar-refractivity contribution in [1.29, 1.82) is 0 Å². The van der Waals surface area contributed by atoms with Gasteiger partial charge in [0.05, 0.1) is 12.2 Å². The molecule has 2 aromatic carbocycles. The Labute approximate surface area is 188 Å². The first-order valence-corrected chi connectivity index (χ1v) is 10.5. The van der Waals surface area contributed by atoms with Gasteiger partial charge in [-0.25, -0.2) is 4.79 Å². The van der Waals surface area contributed by atoms with Crippen LogP contribution in [0.3, 0.4) is 0 Å². The Balaban J connectivity index is 1.63. The highest BCUT2D eigenvalue weighted by atomic mass is 79.9. The molecule has 1 saturated heterocycles. The van der Waals surface area contributed by atoms with Crippen molar-refractivity contribution < 1.29 is 9.59 Å². The van der Waals surface area contributed by atoms with Gasteiger partial charge in [-0.2, -0.15) is 0 Å². The van der Waals surface area contributed by atoms with E-state index < -0.39 is 6.03 Å². The van der Waals surface area contributed by atoms with Crippen molar-refractivity contribution in [1.82, 2.24) is 14.8 Å². The van der Waals surface area contributed by atoms with E-state index in [1.807, 2.05) is 44.2 Å². The van der Waals surface area contributed by atoms with Crippen molar-refractivity contribution in [2.24, 2.45) is 0 Å².